The van der Waals surface area contributed by atoms with Gasteiger partial charge in [-0.3, -0.25) is 18.8 Å². The summed E-state index contributed by atoms with van der Waals surface area (Å²) < 4.78 is 3.35. The maximum absolute atomic E-state index is 12.7. The highest BCUT2D eigenvalue weighted by Gasteiger charge is 2.21. The van der Waals surface area contributed by atoms with Gasteiger partial charge in [-0.15, -0.1) is 0 Å². The van der Waals surface area contributed by atoms with Gasteiger partial charge >= 0.3 is 5.69 Å². The van der Waals surface area contributed by atoms with E-state index in [9.17, 15) is 9.59 Å². The molecule has 0 spiro atoms. The third-order valence-corrected chi connectivity index (χ3v) is 5.57. The van der Waals surface area contributed by atoms with Crippen LogP contribution >= 0.6 is 0 Å². The van der Waals surface area contributed by atoms with E-state index in [4.69, 9.17) is 0 Å². The number of hydrogen-bond donors (Lipinski definition) is 0. The molecule has 1 fully saturated rings. The van der Waals surface area contributed by atoms with Gasteiger partial charge in [-0.2, -0.15) is 0 Å². The summed E-state index contributed by atoms with van der Waals surface area (Å²) in [4.78, 5) is 29.5. The fourth-order valence-corrected chi connectivity index (χ4v) is 3.94. The minimum absolute atomic E-state index is 0.0679. The second-order valence-corrected chi connectivity index (χ2v) is 7.37. The maximum Gasteiger partial charge on any atom is 0.328 e. The van der Waals surface area contributed by atoms with Gasteiger partial charge in [0.25, 0.3) is 0 Å². The van der Waals surface area contributed by atoms with Crippen molar-refractivity contribution in [3.05, 3.63) is 70.6 Å². The number of para-hydroxylation sites is 2. The molecule has 6 nitrogen and oxygen atoms in total. The van der Waals surface area contributed by atoms with Crippen molar-refractivity contribution in [1.82, 2.24) is 18.9 Å². The Balaban J connectivity index is 1.33. The topological polar surface area (TPSA) is 50.5 Å². The number of aryl methyl sites for hydroxylation is 2. The van der Waals surface area contributed by atoms with E-state index in [1.54, 1.807) is 16.2 Å². The van der Waals surface area contributed by atoms with E-state index >= 15 is 0 Å². The monoisotopic (exact) mass is 378 g/mol. The summed E-state index contributed by atoms with van der Waals surface area (Å²) in [5, 5.41) is 0. The first-order chi connectivity index (χ1) is 13.6. The predicted molar refractivity (Wildman–Crippen MR) is 110 cm³/mol. The number of nitrogens with zero attached hydrogens (tertiary/aromatic N) is 4. The molecule has 6 heteroatoms. The summed E-state index contributed by atoms with van der Waals surface area (Å²) in [6, 6.07) is 18.1. The second-order valence-electron chi connectivity index (χ2n) is 7.37. The lowest BCUT2D eigenvalue weighted by atomic mass is 10.2. The van der Waals surface area contributed by atoms with Crippen LogP contribution in [0.5, 0.6) is 0 Å². The van der Waals surface area contributed by atoms with Crippen molar-refractivity contribution in [3.8, 4) is 0 Å². The summed E-state index contributed by atoms with van der Waals surface area (Å²) in [6.07, 6.45) is 0.354. The van der Waals surface area contributed by atoms with Crippen LogP contribution in [0.25, 0.3) is 11.0 Å². The molecule has 1 aromatic heterocycles. The summed E-state index contributed by atoms with van der Waals surface area (Å²) in [5.41, 5.74) is 3.02. The lowest BCUT2D eigenvalue weighted by Crippen LogP contribution is -2.48. The standard InChI is InChI=1S/C22H26N4O2/c1-23-19-9-5-6-10-20(19)26(22(23)28)12-11-21(27)25-15-13-24(14-16-25)17-18-7-3-2-4-8-18/h2-10H,11-17H2,1H3. The minimum atomic E-state index is -0.0679. The molecule has 0 aliphatic carbocycles. The molecule has 2 heterocycles. The highest BCUT2D eigenvalue weighted by molar-refractivity contribution is 5.78. The number of fused-ring (bicyclic) bond motifs is 1. The number of rotatable bonds is 5. The molecule has 0 unspecified atom stereocenters. The van der Waals surface area contributed by atoms with Crippen molar-refractivity contribution in [1.29, 1.82) is 0 Å². The zero-order chi connectivity index (χ0) is 19.5. The molecule has 28 heavy (non-hydrogen) atoms. The van der Waals surface area contributed by atoms with Crippen LogP contribution in [0.2, 0.25) is 0 Å². The van der Waals surface area contributed by atoms with Crippen LogP contribution in [0, 0.1) is 0 Å². The molecule has 0 N–H and O–H groups in total. The van der Waals surface area contributed by atoms with Crippen LogP contribution in [-0.2, 0) is 24.9 Å². The fraction of sp³-hybridized carbons (Fsp3) is 0.364. The first-order valence-electron chi connectivity index (χ1n) is 9.82. The van der Waals surface area contributed by atoms with Crippen LogP contribution in [-0.4, -0.2) is 51.0 Å². The fourth-order valence-electron chi connectivity index (χ4n) is 3.94. The maximum atomic E-state index is 12.7. The first kappa shape index (κ1) is 18.5. The number of piperazine rings is 1. The Kier molecular flexibility index (Phi) is 5.30. The van der Waals surface area contributed by atoms with E-state index in [1.165, 1.54) is 5.56 Å². The molecule has 0 saturated carbocycles. The lowest BCUT2D eigenvalue weighted by Gasteiger charge is -2.34. The Morgan fingerprint density at radius 1 is 0.893 bits per heavy atom. The van der Waals surface area contributed by atoms with Crippen molar-refractivity contribution >= 4 is 16.9 Å². The third-order valence-electron chi connectivity index (χ3n) is 5.57. The Labute approximate surface area is 164 Å². The molecular weight excluding hydrogens is 352 g/mol. The van der Waals surface area contributed by atoms with E-state index in [2.05, 4.69) is 29.2 Å². The number of imidazole rings is 1. The quantitative estimate of drug-likeness (QED) is 0.683. The molecule has 1 aliphatic heterocycles. The van der Waals surface area contributed by atoms with Gasteiger partial charge in [-0.1, -0.05) is 42.5 Å². The van der Waals surface area contributed by atoms with Gasteiger partial charge in [0.2, 0.25) is 5.91 Å². The van der Waals surface area contributed by atoms with Crippen molar-refractivity contribution in [3.63, 3.8) is 0 Å². The molecule has 0 bridgehead atoms. The molecule has 3 aromatic rings. The average Bonchev–Trinajstić information content (AvgIpc) is 2.98. The predicted octanol–water partition coefficient (Wildman–Crippen LogP) is 2.07. The van der Waals surface area contributed by atoms with Crippen molar-refractivity contribution in [2.24, 2.45) is 7.05 Å². The van der Waals surface area contributed by atoms with Gasteiger partial charge in [0.05, 0.1) is 11.0 Å². The molecule has 146 valence electrons. The SMILES string of the molecule is Cn1c(=O)n(CCC(=O)N2CCN(Cc3ccccc3)CC2)c2ccccc21. The summed E-state index contributed by atoms with van der Waals surface area (Å²) in [6.45, 7) is 4.60. The number of carbonyl (C=O) groups excluding carboxylic acids is 1. The average molecular weight is 378 g/mol. The molecular formula is C22H26N4O2. The van der Waals surface area contributed by atoms with Crippen LogP contribution in [0.1, 0.15) is 12.0 Å². The van der Waals surface area contributed by atoms with Crippen LogP contribution in [0.4, 0.5) is 0 Å². The van der Waals surface area contributed by atoms with Crippen LogP contribution in [0.15, 0.2) is 59.4 Å². The van der Waals surface area contributed by atoms with E-state index in [0.29, 0.717) is 13.0 Å². The highest BCUT2D eigenvalue weighted by atomic mass is 16.2. The summed E-state index contributed by atoms with van der Waals surface area (Å²) >= 11 is 0. The first-order valence-corrected chi connectivity index (χ1v) is 9.82. The van der Waals surface area contributed by atoms with Crippen LogP contribution < -0.4 is 5.69 Å². The van der Waals surface area contributed by atoms with E-state index in [0.717, 1.165) is 43.8 Å². The Morgan fingerprint density at radius 2 is 1.54 bits per heavy atom. The lowest BCUT2D eigenvalue weighted by molar-refractivity contribution is -0.133. The van der Waals surface area contributed by atoms with Gasteiger partial charge in [0.15, 0.2) is 0 Å². The van der Waals surface area contributed by atoms with Crippen LogP contribution in [0.3, 0.4) is 0 Å². The van der Waals surface area contributed by atoms with Gasteiger partial charge in [-0.05, 0) is 17.7 Å². The normalized spacial score (nSPS) is 15.2. The van der Waals surface area contributed by atoms with Crippen molar-refractivity contribution < 1.29 is 4.79 Å². The van der Waals surface area contributed by atoms with Gasteiger partial charge in [0, 0.05) is 52.7 Å². The van der Waals surface area contributed by atoms with Crippen molar-refractivity contribution in [2.75, 3.05) is 26.2 Å². The van der Waals surface area contributed by atoms with E-state index in [1.807, 2.05) is 35.2 Å². The van der Waals surface area contributed by atoms with E-state index < -0.39 is 0 Å². The second kappa shape index (κ2) is 8.02. The molecule has 1 saturated heterocycles. The number of carbonyl (C=O) groups is 1. The molecule has 0 radical (unpaired) electrons. The summed E-state index contributed by atoms with van der Waals surface area (Å²) in [5.74, 6) is 0.124. The zero-order valence-corrected chi connectivity index (χ0v) is 16.3. The minimum Gasteiger partial charge on any atom is -0.340 e. The van der Waals surface area contributed by atoms with E-state index in [-0.39, 0.29) is 11.6 Å². The molecule has 2 aromatic carbocycles. The molecule has 1 amide bonds. The third kappa shape index (κ3) is 3.73. The number of aromatic nitrogens is 2. The Morgan fingerprint density at radius 3 is 2.25 bits per heavy atom. The molecule has 4 rings (SSSR count). The van der Waals surface area contributed by atoms with Crippen molar-refractivity contribution in [2.45, 2.75) is 19.5 Å². The summed E-state index contributed by atoms with van der Waals surface area (Å²) in [7, 11) is 1.77. The van der Waals surface area contributed by atoms with Gasteiger partial charge in [0.1, 0.15) is 0 Å². The number of benzene rings is 2. The number of hydrogen-bond acceptors (Lipinski definition) is 3. The smallest absolute Gasteiger partial charge is 0.328 e. The molecule has 0 atom stereocenters. The Hall–Kier alpha value is -2.86. The van der Waals surface area contributed by atoms with Gasteiger partial charge in [-0.25, -0.2) is 4.79 Å². The Bertz CT molecular complexity index is 1010. The zero-order valence-electron chi connectivity index (χ0n) is 16.3. The largest absolute Gasteiger partial charge is 0.340 e. The highest BCUT2D eigenvalue weighted by Crippen LogP contribution is 2.13. The molecule has 1 aliphatic rings. The number of amides is 1. The van der Waals surface area contributed by atoms with Gasteiger partial charge < -0.3 is 4.90 Å².